The van der Waals surface area contributed by atoms with Gasteiger partial charge in [0.05, 0.1) is 0 Å². The number of thiazole rings is 1. The van der Waals surface area contributed by atoms with Gasteiger partial charge in [-0.25, -0.2) is 4.98 Å². The van der Waals surface area contributed by atoms with Gasteiger partial charge in [-0.05, 0) is 31.7 Å². The summed E-state index contributed by atoms with van der Waals surface area (Å²) in [4.78, 5) is 8.33. The normalized spacial score (nSPS) is 26.1. The molecular formula is C13H23N3S. The van der Waals surface area contributed by atoms with Crippen LogP contribution in [0.15, 0.2) is 6.20 Å². The molecule has 1 saturated heterocycles. The van der Waals surface area contributed by atoms with Gasteiger partial charge < -0.3 is 5.32 Å². The van der Waals surface area contributed by atoms with E-state index >= 15 is 0 Å². The zero-order valence-corrected chi connectivity index (χ0v) is 11.9. The van der Waals surface area contributed by atoms with Gasteiger partial charge in [-0.15, -0.1) is 11.3 Å². The van der Waals surface area contributed by atoms with E-state index in [1.807, 2.05) is 6.20 Å². The predicted octanol–water partition coefficient (Wildman–Crippen LogP) is 3.05. The largest absolute Gasteiger partial charge is 0.362 e. The third-order valence-corrected chi connectivity index (χ3v) is 4.62. The van der Waals surface area contributed by atoms with E-state index in [4.69, 9.17) is 0 Å². The number of nitrogens with one attached hydrogen (secondary N) is 1. The summed E-state index contributed by atoms with van der Waals surface area (Å²) in [5, 5.41) is 4.33. The van der Waals surface area contributed by atoms with Gasteiger partial charge in [0.25, 0.3) is 0 Å². The molecule has 96 valence electrons. The first-order valence-electron chi connectivity index (χ1n) is 6.60. The average Bonchev–Trinajstić information content (AvgIpc) is 2.72. The van der Waals surface area contributed by atoms with Crippen molar-refractivity contribution in [3.05, 3.63) is 11.1 Å². The van der Waals surface area contributed by atoms with Crippen LogP contribution < -0.4 is 5.32 Å². The van der Waals surface area contributed by atoms with Crippen LogP contribution in [0.3, 0.4) is 0 Å². The van der Waals surface area contributed by atoms with Gasteiger partial charge in [-0.3, -0.25) is 4.90 Å². The highest BCUT2D eigenvalue weighted by Gasteiger charge is 2.22. The molecule has 0 bridgehead atoms. The van der Waals surface area contributed by atoms with Crippen molar-refractivity contribution in [3.8, 4) is 0 Å². The van der Waals surface area contributed by atoms with E-state index in [0.717, 1.165) is 30.1 Å². The molecule has 0 saturated carbocycles. The Morgan fingerprint density at radius 2 is 2.29 bits per heavy atom. The molecule has 1 aromatic heterocycles. The first kappa shape index (κ1) is 12.8. The van der Waals surface area contributed by atoms with Gasteiger partial charge in [0.1, 0.15) is 0 Å². The Kier molecular flexibility index (Phi) is 4.40. The van der Waals surface area contributed by atoms with Crippen molar-refractivity contribution < 1.29 is 0 Å². The van der Waals surface area contributed by atoms with Crippen LogP contribution in [0.2, 0.25) is 0 Å². The fourth-order valence-corrected chi connectivity index (χ4v) is 3.25. The molecule has 0 aromatic carbocycles. The Labute approximate surface area is 108 Å². The number of likely N-dealkylation sites (tertiary alicyclic amines) is 1. The Morgan fingerprint density at radius 1 is 1.47 bits per heavy atom. The number of rotatable bonds is 4. The summed E-state index contributed by atoms with van der Waals surface area (Å²) in [5.41, 5.74) is 0. The monoisotopic (exact) mass is 253 g/mol. The lowest BCUT2D eigenvalue weighted by Gasteiger charge is -2.34. The Morgan fingerprint density at radius 3 is 3.00 bits per heavy atom. The van der Waals surface area contributed by atoms with Crippen LogP contribution in [0.1, 0.15) is 32.1 Å². The van der Waals surface area contributed by atoms with Crippen LogP contribution in [0.5, 0.6) is 0 Å². The Bertz CT molecular complexity index is 350. The highest BCUT2D eigenvalue weighted by molar-refractivity contribution is 7.15. The smallest absolute Gasteiger partial charge is 0.182 e. The fourth-order valence-electron chi connectivity index (χ4n) is 2.33. The van der Waals surface area contributed by atoms with Crippen molar-refractivity contribution in [2.75, 3.05) is 25.0 Å². The number of piperidine rings is 1. The van der Waals surface area contributed by atoms with Crippen LogP contribution in [-0.2, 0) is 6.54 Å². The molecule has 2 rings (SSSR count). The molecule has 0 spiro atoms. The highest BCUT2D eigenvalue weighted by Crippen LogP contribution is 2.25. The third-order valence-electron chi connectivity index (χ3n) is 3.68. The van der Waals surface area contributed by atoms with Gasteiger partial charge in [0.15, 0.2) is 5.13 Å². The summed E-state index contributed by atoms with van der Waals surface area (Å²) >= 11 is 1.79. The summed E-state index contributed by atoms with van der Waals surface area (Å²) in [6.45, 7) is 11.3. The van der Waals surface area contributed by atoms with Crippen molar-refractivity contribution in [2.45, 2.75) is 33.7 Å². The van der Waals surface area contributed by atoms with Crippen LogP contribution in [0.4, 0.5) is 5.13 Å². The van der Waals surface area contributed by atoms with Crippen molar-refractivity contribution in [1.29, 1.82) is 0 Å². The molecule has 0 amide bonds. The second-order valence-electron chi connectivity index (χ2n) is 5.14. The van der Waals surface area contributed by atoms with Gasteiger partial charge in [0.2, 0.25) is 0 Å². The maximum Gasteiger partial charge on any atom is 0.182 e. The molecule has 2 unspecified atom stereocenters. The van der Waals surface area contributed by atoms with E-state index in [0.29, 0.717) is 0 Å². The van der Waals surface area contributed by atoms with E-state index in [9.17, 15) is 0 Å². The summed E-state index contributed by atoms with van der Waals surface area (Å²) in [5.74, 6) is 1.70. The van der Waals surface area contributed by atoms with Crippen molar-refractivity contribution in [3.63, 3.8) is 0 Å². The van der Waals surface area contributed by atoms with Gasteiger partial charge in [-0.1, -0.05) is 13.8 Å². The molecule has 1 fully saturated rings. The average molecular weight is 253 g/mol. The molecule has 0 radical (unpaired) electrons. The number of hydrogen-bond donors (Lipinski definition) is 1. The lowest BCUT2D eigenvalue weighted by atomic mass is 9.89. The van der Waals surface area contributed by atoms with Gasteiger partial charge >= 0.3 is 0 Å². The first-order chi connectivity index (χ1) is 8.19. The summed E-state index contributed by atoms with van der Waals surface area (Å²) < 4.78 is 0. The van der Waals surface area contributed by atoms with Crippen LogP contribution in [-0.4, -0.2) is 29.5 Å². The topological polar surface area (TPSA) is 28.2 Å². The summed E-state index contributed by atoms with van der Waals surface area (Å²) in [6, 6.07) is 0. The van der Waals surface area contributed by atoms with E-state index in [-0.39, 0.29) is 0 Å². The molecule has 4 heteroatoms. The zero-order chi connectivity index (χ0) is 12.3. The number of nitrogens with zero attached hydrogens (tertiary/aromatic N) is 2. The van der Waals surface area contributed by atoms with Crippen LogP contribution in [0.25, 0.3) is 0 Å². The number of aromatic nitrogens is 1. The molecule has 3 nitrogen and oxygen atoms in total. The zero-order valence-electron chi connectivity index (χ0n) is 11.1. The standard InChI is InChI=1S/C13H23N3S/c1-4-14-13-15-7-12(17-13)9-16-6-5-10(2)11(3)8-16/h7,10-11H,4-6,8-9H2,1-3H3,(H,14,15). The third kappa shape index (κ3) is 3.42. The first-order valence-corrected chi connectivity index (χ1v) is 7.41. The second kappa shape index (κ2) is 5.83. The minimum atomic E-state index is 0.824. The maximum atomic E-state index is 4.39. The number of hydrogen-bond acceptors (Lipinski definition) is 4. The maximum absolute atomic E-state index is 4.39. The van der Waals surface area contributed by atoms with Gasteiger partial charge in [0, 0.05) is 30.7 Å². The highest BCUT2D eigenvalue weighted by atomic mass is 32.1. The van der Waals surface area contributed by atoms with Crippen LogP contribution in [0, 0.1) is 11.8 Å². The van der Waals surface area contributed by atoms with Crippen molar-refractivity contribution in [1.82, 2.24) is 9.88 Å². The van der Waals surface area contributed by atoms with Gasteiger partial charge in [-0.2, -0.15) is 0 Å². The molecule has 1 aliphatic rings. The Hall–Kier alpha value is -0.610. The summed E-state index contributed by atoms with van der Waals surface area (Å²) in [6.07, 6.45) is 3.35. The van der Waals surface area contributed by atoms with Crippen molar-refractivity contribution >= 4 is 16.5 Å². The SMILES string of the molecule is CCNc1ncc(CN2CCC(C)C(C)C2)s1. The van der Waals surface area contributed by atoms with E-state index in [1.54, 1.807) is 11.3 Å². The Balaban J connectivity index is 1.87. The predicted molar refractivity (Wildman–Crippen MR) is 74.5 cm³/mol. The summed E-state index contributed by atoms with van der Waals surface area (Å²) in [7, 11) is 0. The molecular weight excluding hydrogens is 230 g/mol. The van der Waals surface area contributed by atoms with Crippen molar-refractivity contribution in [2.24, 2.45) is 11.8 Å². The van der Waals surface area contributed by atoms with Crippen LogP contribution >= 0.6 is 11.3 Å². The second-order valence-corrected chi connectivity index (χ2v) is 6.26. The molecule has 17 heavy (non-hydrogen) atoms. The molecule has 2 heterocycles. The number of anilines is 1. The molecule has 2 atom stereocenters. The molecule has 1 aliphatic heterocycles. The fraction of sp³-hybridized carbons (Fsp3) is 0.769. The molecule has 1 aromatic rings. The lowest BCUT2D eigenvalue weighted by molar-refractivity contribution is 0.133. The minimum absolute atomic E-state index is 0.824. The quantitative estimate of drug-likeness (QED) is 0.894. The van der Waals surface area contributed by atoms with E-state index in [1.165, 1.54) is 24.4 Å². The van der Waals surface area contributed by atoms with E-state index < -0.39 is 0 Å². The minimum Gasteiger partial charge on any atom is -0.362 e. The lowest BCUT2D eigenvalue weighted by Crippen LogP contribution is -2.37. The van der Waals surface area contributed by atoms with E-state index in [2.05, 4.69) is 36.0 Å². The molecule has 1 N–H and O–H groups in total. The molecule has 0 aliphatic carbocycles.